The van der Waals surface area contributed by atoms with Gasteiger partial charge in [0.2, 0.25) is 0 Å². The lowest BCUT2D eigenvalue weighted by atomic mass is 10.2. The predicted molar refractivity (Wildman–Crippen MR) is 71.4 cm³/mol. The highest BCUT2D eigenvalue weighted by molar-refractivity contribution is 5.83. The molecule has 1 aromatic rings. The van der Waals surface area contributed by atoms with Gasteiger partial charge in [0, 0.05) is 6.20 Å². The van der Waals surface area contributed by atoms with E-state index < -0.39 is 30.1 Å². The fraction of sp³-hybridized carbons (Fsp3) is 0.583. The molecule has 0 saturated carbocycles. The molecule has 8 nitrogen and oxygen atoms in total. The number of nitrogens with one attached hydrogen (secondary N) is 1. The van der Waals surface area contributed by atoms with Crippen LogP contribution in [0.3, 0.4) is 0 Å². The molecule has 0 aromatic carbocycles. The molecule has 0 fully saturated rings. The van der Waals surface area contributed by atoms with E-state index in [1.165, 1.54) is 12.3 Å². The lowest BCUT2D eigenvalue weighted by molar-refractivity contribution is 0.0635. The number of anilines is 1. The largest absolute Gasteiger partial charge is 0.444 e. The molecule has 0 aliphatic heterocycles. The number of rotatable bonds is 4. The molecule has 0 aliphatic rings. The number of amides is 1. The second-order valence-electron chi connectivity index (χ2n) is 5.21. The Morgan fingerprint density at radius 2 is 2.20 bits per heavy atom. The fourth-order valence-corrected chi connectivity index (χ4v) is 1.33. The van der Waals surface area contributed by atoms with E-state index in [9.17, 15) is 14.7 Å². The first-order valence-electron chi connectivity index (χ1n) is 6.07. The Bertz CT molecular complexity index is 521. The van der Waals surface area contributed by atoms with Crippen LogP contribution < -0.4 is 11.0 Å². The first-order valence-corrected chi connectivity index (χ1v) is 6.07. The molecule has 0 bridgehead atoms. The molecule has 1 atom stereocenters. The van der Waals surface area contributed by atoms with Gasteiger partial charge in [-0.1, -0.05) is 0 Å². The maximum atomic E-state index is 11.6. The highest BCUT2D eigenvalue weighted by Crippen LogP contribution is 2.09. The van der Waals surface area contributed by atoms with Crippen LogP contribution in [0.25, 0.3) is 0 Å². The SMILES string of the molecule is CC(C)(C)OC(=O)Nc1ccn(C[C@H](O)CO)c(=O)n1. The highest BCUT2D eigenvalue weighted by atomic mass is 16.6. The number of hydrogen-bond donors (Lipinski definition) is 3. The summed E-state index contributed by atoms with van der Waals surface area (Å²) < 4.78 is 6.15. The molecule has 0 unspecified atom stereocenters. The van der Waals surface area contributed by atoms with Crippen molar-refractivity contribution in [1.29, 1.82) is 0 Å². The molecule has 112 valence electrons. The van der Waals surface area contributed by atoms with E-state index in [4.69, 9.17) is 9.84 Å². The van der Waals surface area contributed by atoms with Crippen molar-refractivity contribution in [2.45, 2.75) is 39.0 Å². The predicted octanol–water partition coefficient (Wildman–Crippen LogP) is -0.0565. The molecule has 0 spiro atoms. The zero-order valence-corrected chi connectivity index (χ0v) is 11.7. The van der Waals surface area contributed by atoms with Crippen molar-refractivity contribution in [2.75, 3.05) is 11.9 Å². The molecular formula is C12H19N3O5. The number of carbonyl (C=O) groups is 1. The van der Waals surface area contributed by atoms with Crippen LogP contribution in [0.2, 0.25) is 0 Å². The van der Waals surface area contributed by atoms with Gasteiger partial charge in [0.05, 0.1) is 19.3 Å². The number of aliphatic hydroxyl groups excluding tert-OH is 2. The van der Waals surface area contributed by atoms with Gasteiger partial charge in [-0.2, -0.15) is 4.98 Å². The van der Waals surface area contributed by atoms with Crippen molar-refractivity contribution in [2.24, 2.45) is 0 Å². The van der Waals surface area contributed by atoms with Crippen molar-refractivity contribution in [3.8, 4) is 0 Å². The number of carbonyl (C=O) groups excluding carboxylic acids is 1. The number of ether oxygens (including phenoxy) is 1. The van der Waals surface area contributed by atoms with Crippen LogP contribution in [0.15, 0.2) is 17.1 Å². The maximum absolute atomic E-state index is 11.6. The number of nitrogens with zero attached hydrogens (tertiary/aromatic N) is 2. The third kappa shape index (κ3) is 5.37. The summed E-state index contributed by atoms with van der Waals surface area (Å²) in [6.07, 6.45) is -0.391. The highest BCUT2D eigenvalue weighted by Gasteiger charge is 2.16. The third-order valence-corrected chi connectivity index (χ3v) is 2.12. The Balaban J connectivity index is 2.73. The average molecular weight is 285 g/mol. The fourth-order valence-electron chi connectivity index (χ4n) is 1.33. The van der Waals surface area contributed by atoms with Crippen molar-refractivity contribution in [1.82, 2.24) is 9.55 Å². The Morgan fingerprint density at radius 3 is 2.70 bits per heavy atom. The second kappa shape index (κ2) is 6.49. The van der Waals surface area contributed by atoms with Crippen LogP contribution >= 0.6 is 0 Å². The molecular weight excluding hydrogens is 266 g/mol. The van der Waals surface area contributed by atoms with Gasteiger partial charge < -0.3 is 14.9 Å². The number of aliphatic hydroxyl groups is 2. The molecule has 1 rings (SSSR count). The van der Waals surface area contributed by atoms with Gasteiger partial charge in [-0.05, 0) is 26.8 Å². The summed E-state index contributed by atoms with van der Waals surface area (Å²) >= 11 is 0. The smallest absolute Gasteiger partial charge is 0.413 e. The van der Waals surface area contributed by atoms with E-state index in [-0.39, 0.29) is 12.4 Å². The molecule has 0 saturated heterocycles. The minimum atomic E-state index is -1.04. The third-order valence-electron chi connectivity index (χ3n) is 2.12. The average Bonchev–Trinajstić information content (AvgIpc) is 2.29. The van der Waals surface area contributed by atoms with Gasteiger partial charge >= 0.3 is 11.8 Å². The topological polar surface area (TPSA) is 114 Å². The first-order chi connectivity index (χ1) is 9.21. The van der Waals surface area contributed by atoms with E-state index in [0.29, 0.717) is 0 Å². The van der Waals surface area contributed by atoms with Crippen LogP contribution in [0, 0.1) is 0 Å². The molecule has 0 aliphatic carbocycles. The van der Waals surface area contributed by atoms with Gasteiger partial charge in [-0.25, -0.2) is 9.59 Å². The summed E-state index contributed by atoms with van der Waals surface area (Å²) in [5.74, 6) is 0.0546. The summed E-state index contributed by atoms with van der Waals surface area (Å²) in [5, 5.41) is 20.3. The summed E-state index contributed by atoms with van der Waals surface area (Å²) in [6, 6.07) is 1.40. The Kier molecular flexibility index (Phi) is 5.23. The lowest BCUT2D eigenvalue weighted by Crippen LogP contribution is -2.31. The van der Waals surface area contributed by atoms with Gasteiger partial charge in [0.1, 0.15) is 11.4 Å². The molecule has 8 heteroatoms. The van der Waals surface area contributed by atoms with Crippen molar-refractivity contribution in [3.05, 3.63) is 22.7 Å². The van der Waals surface area contributed by atoms with Crippen molar-refractivity contribution in [3.63, 3.8) is 0 Å². The van der Waals surface area contributed by atoms with Crippen LogP contribution in [0.5, 0.6) is 0 Å². The van der Waals surface area contributed by atoms with Crippen molar-refractivity contribution < 1.29 is 19.7 Å². The summed E-state index contributed by atoms with van der Waals surface area (Å²) in [5.41, 5.74) is -1.30. The number of aromatic nitrogens is 2. The molecule has 1 amide bonds. The Labute approximate surface area is 116 Å². The monoisotopic (exact) mass is 285 g/mol. The van der Waals surface area contributed by atoms with Crippen LogP contribution in [-0.2, 0) is 11.3 Å². The molecule has 20 heavy (non-hydrogen) atoms. The van der Waals surface area contributed by atoms with E-state index in [1.54, 1.807) is 20.8 Å². The minimum Gasteiger partial charge on any atom is -0.444 e. The van der Waals surface area contributed by atoms with Crippen LogP contribution in [0.4, 0.5) is 10.6 Å². The first kappa shape index (κ1) is 16.1. The van der Waals surface area contributed by atoms with Gasteiger partial charge in [0.25, 0.3) is 0 Å². The quantitative estimate of drug-likeness (QED) is 0.714. The summed E-state index contributed by atoms with van der Waals surface area (Å²) in [6.45, 7) is 4.62. The van der Waals surface area contributed by atoms with Crippen LogP contribution in [-0.4, -0.2) is 44.2 Å². The van der Waals surface area contributed by atoms with Gasteiger partial charge in [-0.3, -0.25) is 9.88 Å². The summed E-state index contributed by atoms with van der Waals surface area (Å²) in [4.78, 5) is 26.8. The lowest BCUT2D eigenvalue weighted by Gasteiger charge is -2.19. The van der Waals surface area contributed by atoms with E-state index >= 15 is 0 Å². The zero-order chi connectivity index (χ0) is 15.3. The van der Waals surface area contributed by atoms with Crippen LogP contribution in [0.1, 0.15) is 20.8 Å². The maximum Gasteiger partial charge on any atom is 0.413 e. The summed E-state index contributed by atoms with van der Waals surface area (Å²) in [7, 11) is 0. The molecule has 0 radical (unpaired) electrons. The van der Waals surface area contributed by atoms with Crippen molar-refractivity contribution >= 4 is 11.9 Å². The Hall–Kier alpha value is -1.93. The molecule has 3 N–H and O–H groups in total. The second-order valence-corrected chi connectivity index (χ2v) is 5.21. The standard InChI is InChI=1S/C12H19N3O5/c1-12(2,3)20-11(19)14-9-4-5-15(10(18)13-9)6-8(17)7-16/h4-5,8,16-17H,6-7H2,1-3H3,(H,13,14,18,19)/t8-/m0/s1. The zero-order valence-electron chi connectivity index (χ0n) is 11.7. The molecule has 1 aromatic heterocycles. The number of hydrogen-bond acceptors (Lipinski definition) is 6. The normalized spacial score (nSPS) is 12.8. The molecule has 1 heterocycles. The minimum absolute atomic E-state index is 0.0546. The van der Waals surface area contributed by atoms with E-state index in [0.717, 1.165) is 4.57 Å². The van der Waals surface area contributed by atoms with E-state index in [1.807, 2.05) is 0 Å². The van der Waals surface area contributed by atoms with Gasteiger partial charge in [-0.15, -0.1) is 0 Å². The van der Waals surface area contributed by atoms with Gasteiger partial charge in [0.15, 0.2) is 0 Å². The Morgan fingerprint density at radius 1 is 1.55 bits per heavy atom. The van der Waals surface area contributed by atoms with E-state index in [2.05, 4.69) is 10.3 Å².